The zero-order chi connectivity index (χ0) is 11.5. The zero-order valence-corrected chi connectivity index (χ0v) is 9.96. The topological polar surface area (TPSA) is 63.8 Å². The minimum absolute atomic E-state index is 0.0325. The largest absolute Gasteiger partial charge is 0.383 e. The van der Waals surface area contributed by atoms with E-state index < -0.39 is 0 Å². The van der Waals surface area contributed by atoms with Crippen LogP contribution in [0.15, 0.2) is 6.33 Å². The Morgan fingerprint density at radius 2 is 2.00 bits per heavy atom. The Kier molecular flexibility index (Phi) is 3.50. The van der Waals surface area contributed by atoms with Crippen molar-refractivity contribution in [3.63, 3.8) is 0 Å². The lowest BCUT2D eigenvalue weighted by Gasteiger charge is -2.26. The number of nitrogens with zero attached hydrogens (tertiary/aromatic N) is 2. The summed E-state index contributed by atoms with van der Waals surface area (Å²) in [5.74, 6) is 1.43. The maximum absolute atomic E-state index is 5.80. The monoisotopic (exact) mass is 208 g/mol. The van der Waals surface area contributed by atoms with E-state index in [2.05, 4.69) is 43.0 Å². The zero-order valence-electron chi connectivity index (χ0n) is 9.96. The molecule has 0 aliphatic heterocycles. The molecule has 0 saturated heterocycles. The van der Waals surface area contributed by atoms with Gasteiger partial charge in [-0.25, -0.2) is 9.97 Å². The Balaban J connectivity index is 2.99. The molecule has 3 N–H and O–H groups in total. The molecule has 1 aromatic heterocycles. The number of nitrogen functional groups attached to an aromatic ring is 1. The third-order valence-corrected chi connectivity index (χ3v) is 2.67. The van der Waals surface area contributed by atoms with Crippen molar-refractivity contribution in [2.75, 3.05) is 11.1 Å². The van der Waals surface area contributed by atoms with Gasteiger partial charge in [-0.15, -0.1) is 0 Å². The maximum Gasteiger partial charge on any atom is 0.135 e. The average Bonchev–Trinajstić information content (AvgIpc) is 2.18. The summed E-state index contributed by atoms with van der Waals surface area (Å²) in [4.78, 5) is 8.23. The molecule has 0 aromatic carbocycles. The van der Waals surface area contributed by atoms with Crippen molar-refractivity contribution in [2.45, 2.75) is 46.1 Å². The molecule has 1 heterocycles. The van der Waals surface area contributed by atoms with Crippen LogP contribution in [0.4, 0.5) is 11.6 Å². The van der Waals surface area contributed by atoms with Gasteiger partial charge in [0, 0.05) is 11.1 Å². The number of rotatable bonds is 4. The molecular formula is C11H20N4. The summed E-state index contributed by atoms with van der Waals surface area (Å²) in [6, 6.07) is 0. The van der Waals surface area contributed by atoms with Crippen LogP contribution in [0.25, 0.3) is 0 Å². The fourth-order valence-corrected chi connectivity index (χ4v) is 1.29. The number of aromatic nitrogens is 2. The molecular weight excluding hydrogens is 188 g/mol. The normalized spacial score (nSPS) is 11.5. The van der Waals surface area contributed by atoms with Crippen LogP contribution in [0.5, 0.6) is 0 Å². The van der Waals surface area contributed by atoms with Gasteiger partial charge >= 0.3 is 0 Å². The molecule has 0 saturated carbocycles. The molecule has 0 aliphatic rings. The Bertz CT molecular complexity index is 333. The molecule has 4 nitrogen and oxygen atoms in total. The van der Waals surface area contributed by atoms with Gasteiger partial charge in [0.1, 0.15) is 18.0 Å². The predicted molar refractivity (Wildman–Crippen MR) is 63.8 cm³/mol. The SMILES string of the molecule is CCc1c(N)ncnc1NC(C)(C)CC. The van der Waals surface area contributed by atoms with Gasteiger partial charge in [-0.1, -0.05) is 13.8 Å². The van der Waals surface area contributed by atoms with Crippen LogP contribution in [0.2, 0.25) is 0 Å². The van der Waals surface area contributed by atoms with E-state index in [4.69, 9.17) is 5.73 Å². The van der Waals surface area contributed by atoms with E-state index in [0.29, 0.717) is 5.82 Å². The highest BCUT2D eigenvalue weighted by atomic mass is 15.1. The van der Waals surface area contributed by atoms with Gasteiger partial charge in [-0.3, -0.25) is 0 Å². The van der Waals surface area contributed by atoms with Crippen molar-refractivity contribution in [1.29, 1.82) is 0 Å². The van der Waals surface area contributed by atoms with Gasteiger partial charge in [0.15, 0.2) is 0 Å². The molecule has 0 fully saturated rings. The van der Waals surface area contributed by atoms with Crippen LogP contribution in [-0.2, 0) is 6.42 Å². The van der Waals surface area contributed by atoms with Crippen LogP contribution in [0, 0.1) is 0 Å². The molecule has 4 heteroatoms. The number of anilines is 2. The van der Waals surface area contributed by atoms with E-state index >= 15 is 0 Å². The highest BCUT2D eigenvalue weighted by Gasteiger charge is 2.17. The summed E-state index contributed by atoms with van der Waals surface area (Å²) in [7, 11) is 0. The molecule has 0 amide bonds. The minimum Gasteiger partial charge on any atom is -0.383 e. The molecule has 15 heavy (non-hydrogen) atoms. The molecule has 0 aliphatic carbocycles. The van der Waals surface area contributed by atoms with E-state index in [1.807, 2.05) is 0 Å². The van der Waals surface area contributed by atoms with Crippen LogP contribution in [0.3, 0.4) is 0 Å². The fourth-order valence-electron chi connectivity index (χ4n) is 1.29. The number of hydrogen-bond donors (Lipinski definition) is 2. The van der Waals surface area contributed by atoms with Crippen molar-refractivity contribution in [3.8, 4) is 0 Å². The Morgan fingerprint density at radius 3 is 2.53 bits per heavy atom. The second kappa shape index (κ2) is 4.47. The lowest BCUT2D eigenvalue weighted by atomic mass is 10.0. The van der Waals surface area contributed by atoms with Crippen molar-refractivity contribution < 1.29 is 0 Å². The predicted octanol–water partition coefficient (Wildman–Crippen LogP) is 2.22. The second-order valence-corrected chi connectivity index (χ2v) is 4.30. The molecule has 0 bridgehead atoms. The Morgan fingerprint density at radius 1 is 1.33 bits per heavy atom. The summed E-state index contributed by atoms with van der Waals surface area (Å²) in [5, 5.41) is 3.40. The lowest BCUT2D eigenvalue weighted by molar-refractivity contribution is 0.544. The molecule has 0 unspecified atom stereocenters. The minimum atomic E-state index is 0.0325. The summed E-state index contributed by atoms with van der Waals surface area (Å²) < 4.78 is 0. The van der Waals surface area contributed by atoms with E-state index in [9.17, 15) is 0 Å². The molecule has 1 aromatic rings. The van der Waals surface area contributed by atoms with Crippen molar-refractivity contribution in [2.24, 2.45) is 0 Å². The summed E-state index contributed by atoms with van der Waals surface area (Å²) in [5.41, 5.74) is 6.83. The van der Waals surface area contributed by atoms with Gasteiger partial charge in [0.05, 0.1) is 0 Å². The average molecular weight is 208 g/mol. The van der Waals surface area contributed by atoms with E-state index in [1.54, 1.807) is 0 Å². The van der Waals surface area contributed by atoms with Gasteiger partial charge in [0.25, 0.3) is 0 Å². The van der Waals surface area contributed by atoms with Gasteiger partial charge < -0.3 is 11.1 Å². The Hall–Kier alpha value is -1.32. The van der Waals surface area contributed by atoms with E-state index in [0.717, 1.165) is 24.2 Å². The first-order valence-electron chi connectivity index (χ1n) is 5.37. The van der Waals surface area contributed by atoms with Gasteiger partial charge in [-0.05, 0) is 26.7 Å². The highest BCUT2D eigenvalue weighted by Crippen LogP contribution is 2.22. The molecule has 84 valence electrons. The summed E-state index contributed by atoms with van der Waals surface area (Å²) in [6.07, 6.45) is 3.37. The fraction of sp³-hybridized carbons (Fsp3) is 0.636. The highest BCUT2D eigenvalue weighted by molar-refractivity contribution is 5.55. The molecule has 0 radical (unpaired) electrons. The first-order chi connectivity index (χ1) is 7.00. The first-order valence-corrected chi connectivity index (χ1v) is 5.37. The van der Waals surface area contributed by atoms with Crippen molar-refractivity contribution in [3.05, 3.63) is 11.9 Å². The van der Waals surface area contributed by atoms with Crippen molar-refractivity contribution >= 4 is 11.6 Å². The van der Waals surface area contributed by atoms with Crippen molar-refractivity contribution in [1.82, 2.24) is 9.97 Å². The first kappa shape index (κ1) is 11.8. The van der Waals surface area contributed by atoms with Crippen LogP contribution in [-0.4, -0.2) is 15.5 Å². The number of nitrogens with two attached hydrogens (primary N) is 1. The van der Waals surface area contributed by atoms with Crippen LogP contribution in [0.1, 0.15) is 39.7 Å². The second-order valence-electron chi connectivity index (χ2n) is 4.30. The number of hydrogen-bond acceptors (Lipinski definition) is 4. The molecule has 1 rings (SSSR count). The van der Waals surface area contributed by atoms with E-state index in [-0.39, 0.29) is 5.54 Å². The third kappa shape index (κ3) is 2.81. The molecule has 0 spiro atoms. The van der Waals surface area contributed by atoms with E-state index in [1.165, 1.54) is 6.33 Å². The molecule has 0 atom stereocenters. The lowest BCUT2D eigenvalue weighted by Crippen LogP contribution is -2.31. The summed E-state index contributed by atoms with van der Waals surface area (Å²) in [6.45, 7) is 8.48. The summed E-state index contributed by atoms with van der Waals surface area (Å²) >= 11 is 0. The standard InChI is InChI=1S/C11H20N4/c1-5-8-9(12)13-7-14-10(8)15-11(3,4)6-2/h7H,5-6H2,1-4H3,(H3,12,13,14,15). The smallest absolute Gasteiger partial charge is 0.135 e. The van der Waals surface area contributed by atoms with Crippen LogP contribution >= 0.6 is 0 Å². The number of nitrogens with one attached hydrogen (secondary N) is 1. The maximum atomic E-state index is 5.80. The van der Waals surface area contributed by atoms with Gasteiger partial charge in [0.2, 0.25) is 0 Å². The van der Waals surface area contributed by atoms with Gasteiger partial charge in [-0.2, -0.15) is 0 Å². The third-order valence-electron chi connectivity index (χ3n) is 2.67. The Labute approximate surface area is 91.3 Å². The quantitative estimate of drug-likeness (QED) is 0.796. The van der Waals surface area contributed by atoms with Crippen LogP contribution < -0.4 is 11.1 Å².